The molecule has 1 fully saturated rings. The molecule has 0 aromatic rings. The van der Waals surface area contributed by atoms with E-state index in [0.29, 0.717) is 0 Å². The fourth-order valence-corrected chi connectivity index (χ4v) is 1.53. The van der Waals surface area contributed by atoms with Crippen LogP contribution in [0.1, 0.15) is 26.7 Å². The van der Waals surface area contributed by atoms with E-state index in [1.54, 1.807) is 11.9 Å². The van der Waals surface area contributed by atoms with E-state index < -0.39 is 11.9 Å². The van der Waals surface area contributed by atoms with Crippen LogP contribution in [0.25, 0.3) is 0 Å². The first-order valence-electron chi connectivity index (χ1n) is 6.45. The number of nitrogens with one attached hydrogen (secondary N) is 3. The smallest absolute Gasteiger partial charge is 0.321 e. The Morgan fingerprint density at radius 1 is 1.16 bits per heavy atom. The molecule has 0 atom stereocenters. The average molecular weight is 270 g/mol. The highest BCUT2D eigenvalue weighted by Crippen LogP contribution is 2.18. The predicted octanol–water partition coefficient (Wildman–Crippen LogP) is -0.569. The lowest BCUT2D eigenvalue weighted by Gasteiger charge is -2.16. The highest BCUT2D eigenvalue weighted by atomic mass is 16.2. The van der Waals surface area contributed by atoms with Gasteiger partial charge in [0, 0.05) is 12.1 Å². The maximum absolute atomic E-state index is 11.5. The van der Waals surface area contributed by atoms with Gasteiger partial charge in [0.2, 0.25) is 11.8 Å². The Morgan fingerprint density at radius 3 is 2.26 bits per heavy atom. The summed E-state index contributed by atoms with van der Waals surface area (Å²) >= 11 is 0. The summed E-state index contributed by atoms with van der Waals surface area (Å²) in [5.41, 5.74) is 0. The van der Waals surface area contributed by atoms with Crippen molar-refractivity contribution in [3.63, 3.8) is 0 Å². The first kappa shape index (κ1) is 15.4. The third-order valence-corrected chi connectivity index (χ3v) is 2.44. The molecule has 0 radical (unpaired) electrons. The topological polar surface area (TPSA) is 90.5 Å². The van der Waals surface area contributed by atoms with Crippen LogP contribution in [0.5, 0.6) is 0 Å². The van der Waals surface area contributed by atoms with Crippen LogP contribution in [0.2, 0.25) is 0 Å². The van der Waals surface area contributed by atoms with E-state index in [9.17, 15) is 14.4 Å². The van der Waals surface area contributed by atoms with Crippen LogP contribution >= 0.6 is 0 Å². The van der Waals surface area contributed by atoms with Gasteiger partial charge in [-0.1, -0.05) is 0 Å². The van der Waals surface area contributed by atoms with E-state index in [0.717, 1.165) is 12.8 Å². The second-order valence-corrected chi connectivity index (χ2v) is 5.19. The van der Waals surface area contributed by atoms with Crippen molar-refractivity contribution in [1.82, 2.24) is 20.9 Å². The largest absolute Gasteiger partial charge is 0.353 e. The summed E-state index contributed by atoms with van der Waals surface area (Å²) in [6, 6.07) is -0.186. The average Bonchev–Trinajstić information content (AvgIpc) is 2.98. The molecule has 0 aromatic heterocycles. The quantitative estimate of drug-likeness (QED) is 0.603. The van der Waals surface area contributed by atoms with Gasteiger partial charge in [0.25, 0.3) is 0 Å². The Morgan fingerprint density at radius 2 is 1.74 bits per heavy atom. The first-order valence-corrected chi connectivity index (χ1v) is 6.45. The van der Waals surface area contributed by atoms with E-state index in [1.807, 2.05) is 13.8 Å². The molecule has 0 bridgehead atoms. The van der Waals surface area contributed by atoms with Crippen LogP contribution in [0.15, 0.2) is 0 Å². The molecule has 0 aromatic carbocycles. The van der Waals surface area contributed by atoms with E-state index in [-0.39, 0.29) is 31.1 Å². The van der Waals surface area contributed by atoms with Crippen LogP contribution < -0.4 is 16.0 Å². The summed E-state index contributed by atoms with van der Waals surface area (Å²) in [4.78, 5) is 35.8. The molecule has 0 saturated heterocycles. The van der Waals surface area contributed by atoms with Gasteiger partial charge >= 0.3 is 6.03 Å². The van der Waals surface area contributed by atoms with Gasteiger partial charge in [0.05, 0.1) is 13.1 Å². The summed E-state index contributed by atoms with van der Waals surface area (Å²) in [6.07, 6.45) is 1.94. The van der Waals surface area contributed by atoms with E-state index in [1.165, 1.54) is 0 Å². The van der Waals surface area contributed by atoms with Gasteiger partial charge in [-0.05, 0) is 33.7 Å². The van der Waals surface area contributed by atoms with Gasteiger partial charge < -0.3 is 10.6 Å². The zero-order valence-corrected chi connectivity index (χ0v) is 11.7. The van der Waals surface area contributed by atoms with Crippen molar-refractivity contribution in [2.75, 3.05) is 20.1 Å². The number of likely N-dealkylation sites (N-methyl/N-ethyl adjacent to an activating group) is 1. The molecule has 3 N–H and O–H groups in total. The van der Waals surface area contributed by atoms with Crippen molar-refractivity contribution in [3.8, 4) is 0 Å². The number of hydrogen-bond acceptors (Lipinski definition) is 4. The Kier molecular flexibility index (Phi) is 5.75. The van der Waals surface area contributed by atoms with E-state index >= 15 is 0 Å². The van der Waals surface area contributed by atoms with Crippen molar-refractivity contribution in [3.05, 3.63) is 0 Å². The summed E-state index contributed by atoms with van der Waals surface area (Å²) < 4.78 is 0. The summed E-state index contributed by atoms with van der Waals surface area (Å²) in [5.74, 6) is -0.564. The number of imide groups is 1. The number of carbonyl (C=O) groups excluding carboxylic acids is 3. The third kappa shape index (κ3) is 7.40. The Balaban J connectivity index is 2.19. The number of urea groups is 1. The Labute approximate surface area is 113 Å². The van der Waals surface area contributed by atoms with Gasteiger partial charge in [-0.25, -0.2) is 4.79 Å². The lowest BCUT2D eigenvalue weighted by molar-refractivity contribution is -0.124. The Bertz CT molecular complexity index is 353. The number of rotatable bonds is 6. The minimum atomic E-state index is -0.465. The van der Waals surface area contributed by atoms with Crippen LogP contribution in [0.3, 0.4) is 0 Å². The van der Waals surface area contributed by atoms with Crippen molar-refractivity contribution < 1.29 is 14.4 Å². The second kappa shape index (κ2) is 7.08. The zero-order chi connectivity index (χ0) is 14.4. The highest BCUT2D eigenvalue weighted by molar-refractivity contribution is 5.95. The molecule has 0 heterocycles. The summed E-state index contributed by atoms with van der Waals surface area (Å²) in [6.45, 7) is 3.86. The van der Waals surface area contributed by atoms with Crippen molar-refractivity contribution in [1.29, 1.82) is 0 Å². The number of amides is 4. The van der Waals surface area contributed by atoms with Crippen LogP contribution in [-0.4, -0.2) is 55.0 Å². The van der Waals surface area contributed by atoms with Gasteiger partial charge in [-0.15, -0.1) is 0 Å². The standard InChI is InChI=1S/C12H22N4O3/c1-8(2)13-10(17)6-16(3)7-11(18)15-12(19)14-9-4-5-9/h8-9H,4-7H2,1-3H3,(H,13,17)(H2,14,15,18,19). The number of nitrogens with zero attached hydrogens (tertiary/aromatic N) is 1. The highest BCUT2D eigenvalue weighted by Gasteiger charge is 2.24. The van der Waals surface area contributed by atoms with Crippen LogP contribution in [0.4, 0.5) is 4.79 Å². The molecule has 108 valence electrons. The normalized spacial score (nSPS) is 14.4. The Hall–Kier alpha value is -1.63. The van der Waals surface area contributed by atoms with Crippen LogP contribution in [-0.2, 0) is 9.59 Å². The SMILES string of the molecule is CC(C)NC(=O)CN(C)CC(=O)NC(=O)NC1CC1. The maximum Gasteiger partial charge on any atom is 0.321 e. The number of hydrogen-bond donors (Lipinski definition) is 3. The zero-order valence-electron chi connectivity index (χ0n) is 11.7. The second-order valence-electron chi connectivity index (χ2n) is 5.19. The molecular weight excluding hydrogens is 248 g/mol. The molecule has 1 rings (SSSR count). The summed E-state index contributed by atoms with van der Waals surface area (Å²) in [5, 5.41) is 7.62. The molecule has 7 nitrogen and oxygen atoms in total. The van der Waals surface area contributed by atoms with Crippen molar-refractivity contribution >= 4 is 17.8 Å². The lowest BCUT2D eigenvalue weighted by Crippen LogP contribution is -2.46. The molecule has 4 amide bonds. The first-order chi connectivity index (χ1) is 8.86. The molecule has 0 spiro atoms. The molecule has 0 aliphatic heterocycles. The number of carbonyl (C=O) groups is 3. The van der Waals surface area contributed by atoms with Crippen LogP contribution in [0, 0.1) is 0 Å². The molecule has 1 aliphatic rings. The lowest BCUT2D eigenvalue weighted by atomic mass is 10.4. The van der Waals surface area contributed by atoms with Gasteiger partial charge in [0.15, 0.2) is 0 Å². The van der Waals surface area contributed by atoms with Crippen molar-refractivity contribution in [2.24, 2.45) is 0 Å². The molecule has 1 aliphatic carbocycles. The fourth-order valence-electron chi connectivity index (χ4n) is 1.53. The molecule has 1 saturated carbocycles. The molecule has 0 unspecified atom stereocenters. The minimum absolute atomic E-state index is 0.00357. The van der Waals surface area contributed by atoms with Gasteiger partial charge in [-0.3, -0.25) is 19.8 Å². The third-order valence-electron chi connectivity index (χ3n) is 2.44. The van der Waals surface area contributed by atoms with Crippen molar-refractivity contribution in [2.45, 2.75) is 38.8 Å². The fraction of sp³-hybridized carbons (Fsp3) is 0.750. The monoisotopic (exact) mass is 270 g/mol. The van der Waals surface area contributed by atoms with E-state index in [4.69, 9.17) is 0 Å². The molecule has 7 heteroatoms. The van der Waals surface area contributed by atoms with Gasteiger partial charge in [-0.2, -0.15) is 0 Å². The summed E-state index contributed by atoms with van der Waals surface area (Å²) in [7, 11) is 1.65. The van der Waals surface area contributed by atoms with Gasteiger partial charge in [0.1, 0.15) is 0 Å². The predicted molar refractivity (Wildman–Crippen MR) is 70.5 cm³/mol. The maximum atomic E-state index is 11.5. The minimum Gasteiger partial charge on any atom is -0.353 e. The van der Waals surface area contributed by atoms with E-state index in [2.05, 4.69) is 16.0 Å². The molecule has 19 heavy (non-hydrogen) atoms. The molecular formula is C12H22N4O3.